The summed E-state index contributed by atoms with van der Waals surface area (Å²) in [6.07, 6.45) is 4.63. The minimum Gasteiger partial charge on any atom is -0.367 e. The first-order valence-electron chi connectivity index (χ1n) is 7.56. The Morgan fingerprint density at radius 2 is 2.04 bits per heavy atom. The normalized spacial score (nSPS) is 13.7. The van der Waals surface area contributed by atoms with E-state index < -0.39 is 0 Å². The van der Waals surface area contributed by atoms with Crippen molar-refractivity contribution in [2.75, 3.05) is 11.9 Å². The van der Waals surface area contributed by atoms with Gasteiger partial charge in [-0.25, -0.2) is 4.98 Å². The van der Waals surface area contributed by atoms with Crippen LogP contribution in [0.15, 0.2) is 36.5 Å². The van der Waals surface area contributed by atoms with Gasteiger partial charge in [0.15, 0.2) is 0 Å². The maximum atomic E-state index is 12.1. The minimum atomic E-state index is -0.138. The smallest absolute Gasteiger partial charge is 0.252 e. The molecule has 1 fully saturated rings. The van der Waals surface area contributed by atoms with Gasteiger partial charge >= 0.3 is 0 Å². The largest absolute Gasteiger partial charge is 0.367 e. The number of amides is 1. The molecule has 2 aromatic rings. The van der Waals surface area contributed by atoms with Gasteiger partial charge in [0.25, 0.3) is 5.91 Å². The number of nitrogens with one attached hydrogen (secondary N) is 2. The molecular formula is C17H17Cl2N3O. The van der Waals surface area contributed by atoms with Crippen LogP contribution in [0.3, 0.4) is 0 Å². The number of pyridine rings is 1. The number of nitrogens with zero attached hydrogens (tertiary/aromatic N) is 1. The molecule has 1 amide bonds. The molecule has 6 heteroatoms. The predicted molar refractivity (Wildman–Crippen MR) is 93.4 cm³/mol. The van der Waals surface area contributed by atoms with E-state index in [1.54, 1.807) is 24.4 Å². The molecule has 1 aromatic carbocycles. The Hall–Kier alpha value is -1.78. The molecule has 1 heterocycles. The topological polar surface area (TPSA) is 54.0 Å². The van der Waals surface area contributed by atoms with Crippen molar-refractivity contribution in [1.82, 2.24) is 10.3 Å². The summed E-state index contributed by atoms with van der Waals surface area (Å²) in [6, 6.07) is 9.53. The number of rotatable bonds is 6. The van der Waals surface area contributed by atoms with Gasteiger partial charge in [-0.05, 0) is 49.1 Å². The zero-order chi connectivity index (χ0) is 16.2. The van der Waals surface area contributed by atoms with Gasteiger partial charge in [-0.1, -0.05) is 29.3 Å². The Morgan fingerprint density at radius 1 is 1.22 bits per heavy atom. The third-order valence-corrected chi connectivity index (χ3v) is 4.24. The zero-order valence-electron chi connectivity index (χ0n) is 12.5. The van der Waals surface area contributed by atoms with Crippen molar-refractivity contribution < 1.29 is 4.79 Å². The lowest BCUT2D eigenvalue weighted by Crippen LogP contribution is -2.25. The summed E-state index contributed by atoms with van der Waals surface area (Å²) < 4.78 is 0. The van der Waals surface area contributed by atoms with Crippen molar-refractivity contribution in [1.29, 1.82) is 0 Å². The third-order valence-electron chi connectivity index (χ3n) is 3.65. The number of hydrogen-bond acceptors (Lipinski definition) is 3. The molecule has 23 heavy (non-hydrogen) atoms. The first kappa shape index (κ1) is 16.1. The highest BCUT2D eigenvalue weighted by molar-refractivity contribution is 6.35. The number of carbonyl (C=O) groups excluding carboxylic acids is 1. The monoisotopic (exact) mass is 349 g/mol. The lowest BCUT2D eigenvalue weighted by molar-refractivity contribution is 0.0954. The van der Waals surface area contributed by atoms with Crippen molar-refractivity contribution >= 4 is 34.9 Å². The highest BCUT2D eigenvalue weighted by Gasteiger charge is 2.21. The number of aromatic nitrogens is 1. The van der Waals surface area contributed by atoms with Gasteiger partial charge in [-0.15, -0.1) is 0 Å². The van der Waals surface area contributed by atoms with Crippen LogP contribution >= 0.6 is 23.2 Å². The van der Waals surface area contributed by atoms with E-state index in [0.717, 1.165) is 11.4 Å². The standard InChI is InChI=1S/C17H17Cl2N3O/c18-13-3-1-11(15(19)9-13)7-8-20-17(23)12-2-6-16(21-10-12)22-14-4-5-14/h1-3,6,9-10,14H,4-5,7-8H2,(H,20,23)(H,21,22). The summed E-state index contributed by atoms with van der Waals surface area (Å²) in [5.41, 5.74) is 1.51. The number of hydrogen-bond donors (Lipinski definition) is 2. The molecule has 120 valence electrons. The van der Waals surface area contributed by atoms with Crippen LogP contribution in [0.25, 0.3) is 0 Å². The summed E-state index contributed by atoms with van der Waals surface area (Å²) in [5, 5.41) is 7.38. The van der Waals surface area contributed by atoms with Crippen LogP contribution in [0, 0.1) is 0 Å². The maximum Gasteiger partial charge on any atom is 0.252 e. The zero-order valence-corrected chi connectivity index (χ0v) is 14.0. The van der Waals surface area contributed by atoms with Crippen LogP contribution < -0.4 is 10.6 Å². The van der Waals surface area contributed by atoms with E-state index in [2.05, 4.69) is 15.6 Å². The average Bonchev–Trinajstić information content (AvgIpc) is 3.34. The fourth-order valence-corrected chi connectivity index (χ4v) is 2.69. The first-order chi connectivity index (χ1) is 11.1. The van der Waals surface area contributed by atoms with Crippen LogP contribution in [-0.4, -0.2) is 23.5 Å². The van der Waals surface area contributed by atoms with E-state index in [9.17, 15) is 4.79 Å². The number of anilines is 1. The Bertz CT molecular complexity index is 699. The minimum absolute atomic E-state index is 0.138. The molecule has 0 saturated heterocycles. The molecule has 0 aliphatic heterocycles. The van der Waals surface area contributed by atoms with Gasteiger partial charge in [-0.3, -0.25) is 4.79 Å². The second-order valence-corrected chi connectivity index (χ2v) is 6.44. The molecule has 1 saturated carbocycles. The van der Waals surface area contributed by atoms with Crippen molar-refractivity contribution in [2.45, 2.75) is 25.3 Å². The summed E-state index contributed by atoms with van der Waals surface area (Å²) in [4.78, 5) is 16.4. The number of benzene rings is 1. The summed E-state index contributed by atoms with van der Waals surface area (Å²) >= 11 is 12.0. The molecular weight excluding hydrogens is 333 g/mol. The molecule has 0 spiro atoms. The second-order valence-electron chi connectivity index (χ2n) is 5.59. The molecule has 1 aromatic heterocycles. The first-order valence-corrected chi connectivity index (χ1v) is 8.32. The van der Waals surface area contributed by atoms with Gasteiger partial charge in [-0.2, -0.15) is 0 Å². The Morgan fingerprint density at radius 3 is 2.70 bits per heavy atom. The fourth-order valence-electron chi connectivity index (χ4n) is 2.19. The molecule has 0 radical (unpaired) electrons. The average molecular weight is 350 g/mol. The van der Waals surface area contributed by atoms with E-state index in [1.165, 1.54) is 12.8 Å². The van der Waals surface area contributed by atoms with Crippen LogP contribution in [0.4, 0.5) is 5.82 Å². The predicted octanol–water partition coefficient (Wildman–Crippen LogP) is 3.94. The molecule has 0 bridgehead atoms. The molecule has 2 N–H and O–H groups in total. The van der Waals surface area contributed by atoms with Crippen LogP contribution in [-0.2, 0) is 6.42 Å². The van der Waals surface area contributed by atoms with E-state index in [1.807, 2.05) is 12.1 Å². The van der Waals surface area contributed by atoms with Crippen molar-refractivity contribution in [3.8, 4) is 0 Å². The molecule has 1 aliphatic carbocycles. The molecule has 3 rings (SSSR count). The van der Waals surface area contributed by atoms with E-state index >= 15 is 0 Å². The van der Waals surface area contributed by atoms with Gasteiger partial charge in [0.05, 0.1) is 5.56 Å². The molecule has 0 unspecified atom stereocenters. The van der Waals surface area contributed by atoms with Crippen molar-refractivity contribution in [3.63, 3.8) is 0 Å². The molecule has 0 atom stereocenters. The SMILES string of the molecule is O=C(NCCc1ccc(Cl)cc1Cl)c1ccc(NC2CC2)nc1. The van der Waals surface area contributed by atoms with Gasteiger partial charge in [0.1, 0.15) is 5.82 Å². The lowest BCUT2D eigenvalue weighted by atomic mass is 10.1. The van der Waals surface area contributed by atoms with Gasteiger partial charge < -0.3 is 10.6 Å². The summed E-state index contributed by atoms with van der Waals surface area (Å²) in [6.45, 7) is 0.502. The summed E-state index contributed by atoms with van der Waals surface area (Å²) in [7, 11) is 0. The van der Waals surface area contributed by atoms with E-state index in [4.69, 9.17) is 23.2 Å². The van der Waals surface area contributed by atoms with Crippen molar-refractivity contribution in [2.24, 2.45) is 0 Å². The van der Waals surface area contributed by atoms with E-state index in [0.29, 0.717) is 34.6 Å². The van der Waals surface area contributed by atoms with Crippen LogP contribution in [0.2, 0.25) is 10.0 Å². The van der Waals surface area contributed by atoms with Crippen LogP contribution in [0.5, 0.6) is 0 Å². The number of carbonyl (C=O) groups is 1. The van der Waals surface area contributed by atoms with E-state index in [-0.39, 0.29) is 5.91 Å². The molecule has 4 nitrogen and oxygen atoms in total. The second kappa shape index (κ2) is 7.20. The lowest BCUT2D eigenvalue weighted by Gasteiger charge is -2.08. The third kappa shape index (κ3) is 4.60. The van der Waals surface area contributed by atoms with Crippen LogP contribution in [0.1, 0.15) is 28.8 Å². The fraction of sp³-hybridized carbons (Fsp3) is 0.294. The maximum absolute atomic E-state index is 12.1. The van der Waals surface area contributed by atoms with Gasteiger partial charge in [0, 0.05) is 28.8 Å². The van der Waals surface area contributed by atoms with Gasteiger partial charge in [0.2, 0.25) is 0 Å². The summed E-state index contributed by atoms with van der Waals surface area (Å²) in [5.74, 6) is 0.678. The highest BCUT2D eigenvalue weighted by atomic mass is 35.5. The van der Waals surface area contributed by atoms with Crippen molar-refractivity contribution in [3.05, 3.63) is 57.7 Å². The Balaban J connectivity index is 1.50. The highest BCUT2D eigenvalue weighted by Crippen LogP contribution is 2.23. The molecule has 1 aliphatic rings. The Kier molecular flexibility index (Phi) is 5.03. The Labute approximate surface area is 145 Å². The quantitative estimate of drug-likeness (QED) is 0.830. The number of halogens is 2.